The molecule has 0 radical (unpaired) electrons. The van der Waals surface area contributed by atoms with Gasteiger partial charge in [-0.15, -0.1) is 0 Å². The van der Waals surface area contributed by atoms with Gasteiger partial charge >= 0.3 is 12.2 Å². The summed E-state index contributed by atoms with van der Waals surface area (Å²) < 4.78 is 27.4. The molecule has 3 aromatic rings. The van der Waals surface area contributed by atoms with Gasteiger partial charge in [0.15, 0.2) is 0 Å². The van der Waals surface area contributed by atoms with Crippen LogP contribution in [-0.2, 0) is 29.0 Å². The molecule has 11 heteroatoms. The number of fused-ring (bicyclic) bond motifs is 1. The zero-order valence-electron chi connectivity index (χ0n) is 25.1. The van der Waals surface area contributed by atoms with E-state index in [0.717, 1.165) is 11.1 Å². The minimum atomic E-state index is -0.625. The molecule has 2 aromatic carbocycles. The van der Waals surface area contributed by atoms with Crippen LogP contribution in [0.1, 0.15) is 74.4 Å². The van der Waals surface area contributed by atoms with Gasteiger partial charge in [0, 0.05) is 19.6 Å². The number of hydrogen-bond acceptors (Lipinski definition) is 6. The molecular weight excluding hydrogens is 541 g/mol. The molecule has 0 unspecified atom stereocenters. The molecule has 0 fully saturated rings. The van der Waals surface area contributed by atoms with Crippen LogP contribution in [0.4, 0.5) is 19.7 Å². The third kappa shape index (κ3) is 7.86. The van der Waals surface area contributed by atoms with Crippen LogP contribution in [0, 0.1) is 12.7 Å². The molecule has 2 N–H and O–H groups in total. The van der Waals surface area contributed by atoms with E-state index in [2.05, 4.69) is 15.7 Å². The van der Waals surface area contributed by atoms with E-state index in [0.29, 0.717) is 29.9 Å². The van der Waals surface area contributed by atoms with E-state index in [9.17, 15) is 14.4 Å². The Morgan fingerprint density at radius 1 is 0.976 bits per heavy atom. The van der Waals surface area contributed by atoms with Crippen LogP contribution in [0.2, 0.25) is 0 Å². The molecule has 1 aliphatic rings. The number of aryl methyl sites for hydroxylation is 1. The highest BCUT2D eigenvalue weighted by Gasteiger charge is 2.27. The van der Waals surface area contributed by atoms with E-state index in [1.165, 1.54) is 10.7 Å². The van der Waals surface area contributed by atoms with Gasteiger partial charge in [0.1, 0.15) is 22.7 Å². The van der Waals surface area contributed by atoms with Crippen LogP contribution in [0.3, 0.4) is 0 Å². The average molecular weight is 580 g/mol. The average Bonchev–Trinajstić information content (AvgIpc) is 3.27. The van der Waals surface area contributed by atoms with Crippen LogP contribution in [0.15, 0.2) is 42.5 Å². The van der Waals surface area contributed by atoms with Crippen LogP contribution < -0.4 is 10.6 Å². The number of carbonyl (C=O) groups excluding carboxylic acids is 3. The summed E-state index contributed by atoms with van der Waals surface area (Å²) in [7, 11) is 0. The smallest absolute Gasteiger partial charge is 0.410 e. The van der Waals surface area contributed by atoms with E-state index in [1.54, 1.807) is 83.7 Å². The normalized spacial score (nSPS) is 13.3. The fourth-order valence-corrected chi connectivity index (χ4v) is 4.49. The number of alkyl carbamates (subject to hydrolysis) is 1. The van der Waals surface area contributed by atoms with E-state index in [-0.39, 0.29) is 24.5 Å². The lowest BCUT2D eigenvalue weighted by Gasteiger charge is -2.31. The highest BCUT2D eigenvalue weighted by atomic mass is 19.1. The fraction of sp³-hybridized carbons (Fsp3) is 0.419. The summed E-state index contributed by atoms with van der Waals surface area (Å²) in [6.45, 7) is 13.4. The maximum absolute atomic E-state index is 15.2. The van der Waals surface area contributed by atoms with Crippen molar-refractivity contribution in [2.75, 3.05) is 11.9 Å². The Morgan fingerprint density at radius 3 is 2.38 bits per heavy atom. The highest BCUT2D eigenvalue weighted by Crippen LogP contribution is 2.27. The molecule has 3 amide bonds. The van der Waals surface area contributed by atoms with Gasteiger partial charge in [-0.3, -0.25) is 4.79 Å². The van der Waals surface area contributed by atoms with Crippen LogP contribution >= 0.6 is 0 Å². The molecule has 0 saturated carbocycles. The number of amides is 3. The first kappa shape index (κ1) is 30.5. The second-order valence-corrected chi connectivity index (χ2v) is 12.3. The van der Waals surface area contributed by atoms with Crippen molar-refractivity contribution in [1.29, 1.82) is 0 Å². The summed E-state index contributed by atoms with van der Waals surface area (Å²) in [5.74, 6) is -1.14. The number of halogens is 1. The zero-order valence-corrected chi connectivity index (χ0v) is 25.1. The monoisotopic (exact) mass is 579 g/mol. The lowest BCUT2D eigenvalue weighted by atomic mass is 9.99. The van der Waals surface area contributed by atoms with Gasteiger partial charge in [-0.1, -0.05) is 12.1 Å². The van der Waals surface area contributed by atoms with Gasteiger partial charge in [0.2, 0.25) is 0 Å². The SMILES string of the molecule is Cc1cc(C(=O)Nc2cc3c(cc2F)CN(C(=O)OC(C)(C)C)CC3)n(-c2cccc(CNC(=O)OC(C)(C)C)c2)n1. The van der Waals surface area contributed by atoms with E-state index < -0.39 is 35.1 Å². The minimum Gasteiger partial charge on any atom is -0.444 e. The van der Waals surface area contributed by atoms with Crippen molar-refractivity contribution < 1.29 is 28.2 Å². The predicted octanol–water partition coefficient (Wildman–Crippen LogP) is 5.89. The Balaban J connectivity index is 1.49. The van der Waals surface area contributed by atoms with Gasteiger partial charge in [0.25, 0.3) is 5.91 Å². The van der Waals surface area contributed by atoms with Crippen molar-refractivity contribution in [2.45, 2.75) is 79.2 Å². The Kier molecular flexibility index (Phi) is 8.60. The molecule has 0 saturated heterocycles. The quantitative estimate of drug-likeness (QED) is 0.390. The summed E-state index contributed by atoms with van der Waals surface area (Å²) in [4.78, 5) is 39.5. The highest BCUT2D eigenvalue weighted by molar-refractivity contribution is 6.03. The Labute approximate surface area is 245 Å². The summed E-state index contributed by atoms with van der Waals surface area (Å²) in [6.07, 6.45) is -0.481. The molecule has 4 rings (SSSR count). The number of rotatable bonds is 5. The molecule has 42 heavy (non-hydrogen) atoms. The lowest BCUT2D eigenvalue weighted by Crippen LogP contribution is -2.40. The van der Waals surface area contributed by atoms with E-state index in [4.69, 9.17) is 9.47 Å². The summed E-state index contributed by atoms with van der Waals surface area (Å²) in [5, 5.41) is 9.88. The standard InChI is InChI=1S/C31H38FN5O5/c1-19-13-26(37(35-19)23-10-8-9-20(14-23)17-33-28(39)41-30(2,3)4)27(38)34-25-16-21-11-12-36(18-22(21)15-24(25)32)29(40)42-31(5,6)7/h8-10,13-16H,11-12,17-18H2,1-7H3,(H,33,39)(H,34,38). The van der Waals surface area contributed by atoms with Gasteiger partial charge in [0.05, 0.1) is 17.1 Å². The first-order chi connectivity index (χ1) is 19.6. The maximum Gasteiger partial charge on any atom is 0.410 e. The van der Waals surface area contributed by atoms with Gasteiger partial charge in [-0.25, -0.2) is 18.7 Å². The Hall–Kier alpha value is -4.41. The molecular formula is C31H38FN5O5. The van der Waals surface area contributed by atoms with Crippen LogP contribution in [-0.4, -0.2) is 50.5 Å². The number of aromatic nitrogens is 2. The van der Waals surface area contributed by atoms with Crippen molar-refractivity contribution in [2.24, 2.45) is 0 Å². The summed E-state index contributed by atoms with van der Waals surface area (Å²) in [5.41, 5.74) is 2.53. The third-order valence-corrected chi connectivity index (χ3v) is 6.26. The second-order valence-electron chi connectivity index (χ2n) is 12.3. The molecule has 2 heterocycles. The predicted molar refractivity (Wildman–Crippen MR) is 156 cm³/mol. The second kappa shape index (κ2) is 11.8. The van der Waals surface area contributed by atoms with Gasteiger partial charge < -0.3 is 25.0 Å². The largest absolute Gasteiger partial charge is 0.444 e. The Bertz CT molecular complexity index is 1500. The van der Waals surface area contributed by atoms with Crippen molar-refractivity contribution in [3.05, 3.63) is 76.4 Å². The molecule has 0 aliphatic carbocycles. The van der Waals surface area contributed by atoms with Gasteiger partial charge in [-0.05, 0) is 102 Å². The zero-order chi connectivity index (χ0) is 30.8. The minimum absolute atomic E-state index is 0.0465. The molecule has 0 bridgehead atoms. The van der Waals surface area contributed by atoms with Crippen molar-refractivity contribution in [3.63, 3.8) is 0 Å². The maximum atomic E-state index is 15.2. The number of anilines is 1. The molecule has 1 aromatic heterocycles. The van der Waals surface area contributed by atoms with E-state index >= 15 is 4.39 Å². The number of nitrogens with one attached hydrogen (secondary N) is 2. The molecule has 10 nitrogen and oxygen atoms in total. The molecule has 0 spiro atoms. The third-order valence-electron chi connectivity index (χ3n) is 6.26. The number of carbonyl (C=O) groups is 3. The number of ether oxygens (including phenoxy) is 2. The van der Waals surface area contributed by atoms with Crippen LogP contribution in [0.5, 0.6) is 0 Å². The number of hydrogen-bond donors (Lipinski definition) is 2. The summed E-state index contributed by atoms with van der Waals surface area (Å²) in [6, 6.07) is 11.8. The number of nitrogens with zero attached hydrogens (tertiary/aromatic N) is 3. The van der Waals surface area contributed by atoms with E-state index in [1.807, 2.05) is 6.07 Å². The van der Waals surface area contributed by atoms with Crippen LogP contribution in [0.25, 0.3) is 5.69 Å². The molecule has 224 valence electrons. The fourth-order valence-electron chi connectivity index (χ4n) is 4.49. The molecule has 1 aliphatic heterocycles. The van der Waals surface area contributed by atoms with Crippen molar-refractivity contribution >= 4 is 23.8 Å². The number of benzene rings is 2. The Morgan fingerprint density at radius 2 is 1.69 bits per heavy atom. The topological polar surface area (TPSA) is 115 Å². The first-order valence-electron chi connectivity index (χ1n) is 13.8. The van der Waals surface area contributed by atoms with Crippen molar-refractivity contribution in [1.82, 2.24) is 20.0 Å². The summed E-state index contributed by atoms with van der Waals surface area (Å²) >= 11 is 0. The van der Waals surface area contributed by atoms with Gasteiger partial charge in [-0.2, -0.15) is 5.10 Å². The first-order valence-corrected chi connectivity index (χ1v) is 13.8. The lowest BCUT2D eigenvalue weighted by molar-refractivity contribution is 0.0223. The molecule has 0 atom stereocenters. The van der Waals surface area contributed by atoms with Crippen molar-refractivity contribution in [3.8, 4) is 5.69 Å².